The molecule has 1 aliphatic carbocycles. The Balaban J connectivity index is 1.40. The van der Waals surface area contributed by atoms with E-state index in [1.165, 1.54) is 19.3 Å². The molecule has 1 aliphatic heterocycles. The molecule has 0 bridgehead atoms. The molecule has 180 valence electrons. The summed E-state index contributed by atoms with van der Waals surface area (Å²) in [6.07, 6.45) is 7.78. The van der Waals surface area contributed by atoms with Crippen LogP contribution in [0.2, 0.25) is 0 Å². The Kier molecular flexibility index (Phi) is 6.26. The molecule has 5 N–H and O–H groups in total. The lowest BCUT2D eigenvalue weighted by Crippen LogP contribution is -2.49. The highest BCUT2D eigenvalue weighted by atomic mass is 16.2. The van der Waals surface area contributed by atoms with Crippen LogP contribution in [0.25, 0.3) is 22.2 Å². The van der Waals surface area contributed by atoms with E-state index in [1.54, 1.807) is 0 Å². The van der Waals surface area contributed by atoms with Gasteiger partial charge in [-0.3, -0.25) is 9.89 Å². The van der Waals surface area contributed by atoms with E-state index in [9.17, 15) is 4.79 Å². The van der Waals surface area contributed by atoms with Gasteiger partial charge in [-0.15, -0.1) is 0 Å². The van der Waals surface area contributed by atoms with Gasteiger partial charge in [-0.2, -0.15) is 10.1 Å². The van der Waals surface area contributed by atoms with Crippen molar-refractivity contribution < 1.29 is 4.79 Å². The molecule has 3 heterocycles. The smallest absolute Gasteiger partial charge is 0.225 e. The monoisotopic (exact) mass is 462 g/mol. The standard InChI is InChI=1S/C25H34N8O/c1-15-8-9-17(24(34)28-18-6-4-3-5-7-18)14-33(15)22-13-20(29-25(27-2)30-22)16-10-11-19-21(12-16)31-32-23(19)26/h10-13,15,17-18H,3-9,14H2,1-2H3,(H,28,34)(H3,26,31,32)(H,27,29,30)/t15-,17-/m0/s1. The third-order valence-electron chi connectivity index (χ3n) is 7.32. The van der Waals surface area contributed by atoms with Crippen molar-refractivity contribution in [2.75, 3.05) is 29.5 Å². The van der Waals surface area contributed by atoms with Gasteiger partial charge in [0.25, 0.3) is 0 Å². The summed E-state index contributed by atoms with van der Waals surface area (Å²) in [4.78, 5) is 24.8. The van der Waals surface area contributed by atoms with E-state index >= 15 is 0 Å². The van der Waals surface area contributed by atoms with Crippen molar-refractivity contribution in [3.05, 3.63) is 24.3 Å². The van der Waals surface area contributed by atoms with Gasteiger partial charge in [0, 0.05) is 42.7 Å². The maximum absolute atomic E-state index is 13.1. The van der Waals surface area contributed by atoms with Crippen LogP contribution in [0, 0.1) is 5.92 Å². The van der Waals surface area contributed by atoms with E-state index in [2.05, 4.69) is 32.7 Å². The highest BCUT2D eigenvalue weighted by Gasteiger charge is 2.32. The number of H-pyrrole nitrogens is 1. The summed E-state index contributed by atoms with van der Waals surface area (Å²) in [6, 6.07) is 8.60. The fourth-order valence-corrected chi connectivity index (χ4v) is 5.25. The number of piperidine rings is 1. The van der Waals surface area contributed by atoms with Crippen LogP contribution in [-0.4, -0.2) is 51.7 Å². The number of aromatic nitrogens is 4. The molecule has 34 heavy (non-hydrogen) atoms. The highest BCUT2D eigenvalue weighted by Crippen LogP contribution is 2.32. The Hall–Kier alpha value is -3.36. The van der Waals surface area contributed by atoms with Crippen molar-refractivity contribution >= 4 is 34.4 Å². The minimum Gasteiger partial charge on any atom is -0.382 e. The average Bonchev–Trinajstić information content (AvgIpc) is 3.24. The molecule has 0 radical (unpaired) electrons. The number of benzene rings is 1. The van der Waals surface area contributed by atoms with Gasteiger partial charge in [-0.25, -0.2) is 4.98 Å². The van der Waals surface area contributed by atoms with Crippen molar-refractivity contribution in [2.45, 2.75) is 64.0 Å². The predicted octanol–water partition coefficient (Wildman–Crippen LogP) is 3.70. The summed E-state index contributed by atoms with van der Waals surface area (Å²) in [5.74, 6) is 2.03. The lowest BCUT2D eigenvalue weighted by atomic mass is 9.90. The number of nitrogens with two attached hydrogens (primary N) is 1. The van der Waals surface area contributed by atoms with Crippen molar-refractivity contribution in [1.29, 1.82) is 0 Å². The summed E-state index contributed by atoms with van der Waals surface area (Å²) in [6.45, 7) is 2.87. The zero-order valence-corrected chi connectivity index (χ0v) is 20.0. The number of carbonyl (C=O) groups excluding carboxylic acids is 1. The van der Waals surface area contributed by atoms with E-state index in [4.69, 9.17) is 15.7 Å². The van der Waals surface area contributed by atoms with Gasteiger partial charge < -0.3 is 21.3 Å². The second kappa shape index (κ2) is 9.48. The van der Waals surface area contributed by atoms with E-state index in [0.717, 1.165) is 53.7 Å². The van der Waals surface area contributed by atoms with Crippen LogP contribution in [0.5, 0.6) is 0 Å². The zero-order valence-electron chi connectivity index (χ0n) is 20.0. The minimum atomic E-state index is -0.0288. The zero-order chi connectivity index (χ0) is 23.7. The fourth-order valence-electron chi connectivity index (χ4n) is 5.25. The maximum Gasteiger partial charge on any atom is 0.225 e. The van der Waals surface area contributed by atoms with Gasteiger partial charge >= 0.3 is 0 Å². The van der Waals surface area contributed by atoms with Crippen molar-refractivity contribution in [3.63, 3.8) is 0 Å². The van der Waals surface area contributed by atoms with Crippen molar-refractivity contribution in [1.82, 2.24) is 25.5 Å². The lowest BCUT2D eigenvalue weighted by molar-refractivity contribution is -0.126. The summed E-state index contributed by atoms with van der Waals surface area (Å²) in [5.41, 5.74) is 8.56. The molecule has 3 aromatic rings. The molecule has 1 saturated heterocycles. The lowest BCUT2D eigenvalue weighted by Gasteiger charge is -2.39. The molecule has 1 saturated carbocycles. The normalized spacial score (nSPS) is 21.5. The van der Waals surface area contributed by atoms with Gasteiger partial charge in [0.05, 0.1) is 17.1 Å². The molecule has 2 aliphatic rings. The minimum absolute atomic E-state index is 0.0288. The summed E-state index contributed by atoms with van der Waals surface area (Å²) in [5, 5.41) is 14.4. The first kappa shape index (κ1) is 22.4. The number of fused-ring (bicyclic) bond motifs is 1. The number of rotatable bonds is 5. The molecule has 0 spiro atoms. The SMILES string of the molecule is CNc1nc(-c2ccc3c(N)n[nH]c3c2)cc(N2C[C@@H](C(=O)NC3CCCCC3)CC[C@@H]2C)n1. The quantitative estimate of drug-likeness (QED) is 0.456. The number of nitrogen functional groups attached to an aromatic ring is 1. The average molecular weight is 463 g/mol. The molecule has 2 atom stereocenters. The van der Waals surface area contributed by atoms with Gasteiger partial charge in [0.2, 0.25) is 11.9 Å². The Labute approximate surface area is 199 Å². The van der Waals surface area contributed by atoms with E-state index in [0.29, 0.717) is 30.4 Å². The van der Waals surface area contributed by atoms with Crippen LogP contribution in [-0.2, 0) is 4.79 Å². The first-order valence-electron chi connectivity index (χ1n) is 12.4. The first-order valence-corrected chi connectivity index (χ1v) is 12.4. The topological polar surface area (TPSA) is 125 Å². The highest BCUT2D eigenvalue weighted by molar-refractivity contribution is 5.91. The number of hydrogen-bond donors (Lipinski definition) is 4. The van der Waals surface area contributed by atoms with Crippen LogP contribution in [0.3, 0.4) is 0 Å². The number of nitrogens with one attached hydrogen (secondary N) is 3. The number of nitrogens with zero attached hydrogens (tertiary/aromatic N) is 4. The molecular formula is C25H34N8O. The predicted molar refractivity (Wildman–Crippen MR) is 136 cm³/mol. The Morgan fingerprint density at radius 3 is 2.74 bits per heavy atom. The summed E-state index contributed by atoms with van der Waals surface area (Å²) >= 11 is 0. The third kappa shape index (κ3) is 4.51. The van der Waals surface area contributed by atoms with Crippen molar-refractivity contribution in [2.24, 2.45) is 5.92 Å². The largest absolute Gasteiger partial charge is 0.382 e. The Morgan fingerprint density at radius 2 is 1.94 bits per heavy atom. The Morgan fingerprint density at radius 1 is 1.12 bits per heavy atom. The van der Waals surface area contributed by atoms with Gasteiger partial charge in [-0.05, 0) is 44.7 Å². The number of amides is 1. The number of aromatic amines is 1. The van der Waals surface area contributed by atoms with Crippen LogP contribution in [0.4, 0.5) is 17.6 Å². The van der Waals surface area contributed by atoms with Crippen LogP contribution in [0.1, 0.15) is 51.9 Å². The molecule has 9 nitrogen and oxygen atoms in total. The molecule has 2 fully saturated rings. The molecule has 1 aromatic carbocycles. The van der Waals surface area contributed by atoms with Crippen LogP contribution < -0.4 is 21.3 Å². The molecular weight excluding hydrogens is 428 g/mol. The summed E-state index contributed by atoms with van der Waals surface area (Å²) in [7, 11) is 1.82. The molecule has 2 aromatic heterocycles. The van der Waals surface area contributed by atoms with Crippen LogP contribution in [0.15, 0.2) is 24.3 Å². The maximum atomic E-state index is 13.1. The van der Waals surface area contributed by atoms with Gasteiger partial charge in [0.1, 0.15) is 5.82 Å². The molecule has 9 heteroatoms. The molecule has 0 unspecified atom stereocenters. The van der Waals surface area contributed by atoms with Crippen molar-refractivity contribution in [3.8, 4) is 11.3 Å². The summed E-state index contributed by atoms with van der Waals surface area (Å²) < 4.78 is 0. The van der Waals surface area contributed by atoms with Gasteiger partial charge in [0.15, 0.2) is 5.82 Å². The number of anilines is 3. The molecule has 5 rings (SSSR count). The first-order chi connectivity index (χ1) is 16.5. The second-order valence-electron chi connectivity index (χ2n) is 9.67. The number of hydrogen-bond acceptors (Lipinski definition) is 7. The number of carbonyl (C=O) groups is 1. The van der Waals surface area contributed by atoms with E-state index < -0.39 is 0 Å². The third-order valence-corrected chi connectivity index (χ3v) is 7.32. The van der Waals surface area contributed by atoms with Gasteiger partial charge in [-0.1, -0.05) is 25.3 Å². The van der Waals surface area contributed by atoms with E-state index in [-0.39, 0.29) is 11.8 Å². The van der Waals surface area contributed by atoms with E-state index in [1.807, 2.05) is 31.3 Å². The fraction of sp³-hybridized carbons (Fsp3) is 0.520. The molecule has 1 amide bonds. The Bertz CT molecular complexity index is 1170. The second-order valence-corrected chi connectivity index (χ2v) is 9.67. The van der Waals surface area contributed by atoms with Crippen LogP contribution >= 0.6 is 0 Å².